The lowest BCUT2D eigenvalue weighted by Gasteiger charge is -2.37. The summed E-state index contributed by atoms with van der Waals surface area (Å²) in [5.74, 6) is 0. The van der Waals surface area contributed by atoms with Gasteiger partial charge in [-0.25, -0.2) is 18.1 Å². The molecule has 1 atom stereocenters. The number of piperazine rings is 1. The molecule has 0 spiro atoms. The minimum absolute atomic E-state index is 0.0173. The van der Waals surface area contributed by atoms with Crippen LogP contribution in [0, 0.1) is 0 Å². The molecular formula is C12H18Cl2N4O2S. The molecule has 1 unspecified atom stereocenters. The van der Waals surface area contributed by atoms with Gasteiger partial charge in [0.2, 0.25) is 10.0 Å². The van der Waals surface area contributed by atoms with E-state index < -0.39 is 10.0 Å². The van der Waals surface area contributed by atoms with Crippen molar-refractivity contribution in [1.82, 2.24) is 19.5 Å². The Bertz CT molecular complexity index is 611. The third kappa shape index (κ3) is 4.28. The number of likely N-dealkylation sites (N-methyl/N-ethyl adjacent to an activating group) is 2. The maximum atomic E-state index is 12.2. The zero-order valence-electron chi connectivity index (χ0n) is 11.9. The van der Waals surface area contributed by atoms with Crippen LogP contribution < -0.4 is 4.72 Å². The Morgan fingerprint density at radius 1 is 1.38 bits per heavy atom. The molecule has 0 amide bonds. The normalized spacial score (nSPS) is 21.6. The Labute approximate surface area is 135 Å². The van der Waals surface area contributed by atoms with Crippen molar-refractivity contribution in [1.29, 1.82) is 0 Å². The van der Waals surface area contributed by atoms with Crippen molar-refractivity contribution < 1.29 is 8.42 Å². The summed E-state index contributed by atoms with van der Waals surface area (Å²) in [6.45, 7) is 3.05. The van der Waals surface area contributed by atoms with Gasteiger partial charge in [0.05, 0.1) is 5.02 Å². The summed E-state index contributed by atoms with van der Waals surface area (Å²) in [5, 5.41) is 0.207. The van der Waals surface area contributed by atoms with Gasteiger partial charge in [0.1, 0.15) is 10.0 Å². The second kappa shape index (κ2) is 6.76. The van der Waals surface area contributed by atoms with Crippen LogP contribution >= 0.6 is 23.2 Å². The molecule has 1 N–H and O–H groups in total. The van der Waals surface area contributed by atoms with E-state index in [1.165, 1.54) is 12.3 Å². The number of halogens is 2. The number of hydrogen-bond acceptors (Lipinski definition) is 5. The van der Waals surface area contributed by atoms with E-state index in [1.807, 2.05) is 14.1 Å². The van der Waals surface area contributed by atoms with Gasteiger partial charge in [-0.3, -0.25) is 4.90 Å². The lowest BCUT2D eigenvalue weighted by Crippen LogP contribution is -2.54. The third-order valence-electron chi connectivity index (χ3n) is 3.57. The number of sulfonamides is 1. The monoisotopic (exact) mass is 352 g/mol. The summed E-state index contributed by atoms with van der Waals surface area (Å²) in [7, 11) is 0.377. The smallest absolute Gasteiger partial charge is 0.242 e. The molecule has 6 nitrogen and oxygen atoms in total. The predicted octanol–water partition coefficient (Wildman–Crippen LogP) is 0.912. The molecule has 1 aliphatic rings. The Kier molecular flexibility index (Phi) is 5.45. The van der Waals surface area contributed by atoms with E-state index in [2.05, 4.69) is 19.5 Å². The first-order valence-electron chi connectivity index (χ1n) is 6.49. The van der Waals surface area contributed by atoms with Gasteiger partial charge in [-0.15, -0.1) is 0 Å². The Morgan fingerprint density at radius 2 is 2.10 bits per heavy atom. The molecule has 1 saturated heterocycles. The average Bonchev–Trinajstić information content (AvgIpc) is 2.43. The van der Waals surface area contributed by atoms with Crippen LogP contribution in [0.25, 0.3) is 0 Å². The molecule has 0 aromatic carbocycles. The molecular weight excluding hydrogens is 335 g/mol. The van der Waals surface area contributed by atoms with E-state index in [-0.39, 0.29) is 21.1 Å². The number of aromatic nitrogens is 1. The highest BCUT2D eigenvalue weighted by atomic mass is 35.5. The second-order valence-corrected chi connectivity index (χ2v) is 7.72. The summed E-state index contributed by atoms with van der Waals surface area (Å²) in [6, 6.07) is 1.44. The fourth-order valence-corrected chi connectivity index (χ4v) is 3.54. The molecule has 1 aromatic heterocycles. The number of nitrogens with one attached hydrogen (secondary N) is 1. The van der Waals surface area contributed by atoms with Gasteiger partial charge in [0.15, 0.2) is 0 Å². The van der Waals surface area contributed by atoms with Gasteiger partial charge in [0.25, 0.3) is 0 Å². The van der Waals surface area contributed by atoms with Gasteiger partial charge in [0, 0.05) is 38.4 Å². The topological polar surface area (TPSA) is 65.5 Å². The van der Waals surface area contributed by atoms with Crippen LogP contribution in [0.2, 0.25) is 10.2 Å². The number of pyridine rings is 1. The van der Waals surface area contributed by atoms with E-state index in [1.54, 1.807) is 0 Å². The first-order valence-corrected chi connectivity index (χ1v) is 8.73. The van der Waals surface area contributed by atoms with Gasteiger partial charge in [-0.1, -0.05) is 23.2 Å². The number of nitrogens with zero attached hydrogens (tertiary/aromatic N) is 3. The molecule has 2 rings (SSSR count). The van der Waals surface area contributed by atoms with Gasteiger partial charge >= 0.3 is 0 Å². The van der Waals surface area contributed by atoms with Crippen LogP contribution in [0.3, 0.4) is 0 Å². The highest BCUT2D eigenvalue weighted by Gasteiger charge is 2.24. The second-order valence-electron chi connectivity index (χ2n) is 5.19. The highest BCUT2D eigenvalue weighted by Crippen LogP contribution is 2.22. The van der Waals surface area contributed by atoms with Crippen LogP contribution in [0.4, 0.5) is 0 Å². The molecule has 0 radical (unpaired) electrons. The van der Waals surface area contributed by atoms with Crippen LogP contribution in [0.1, 0.15) is 0 Å². The van der Waals surface area contributed by atoms with Crippen molar-refractivity contribution in [2.75, 3.05) is 40.3 Å². The van der Waals surface area contributed by atoms with E-state index in [9.17, 15) is 8.42 Å². The van der Waals surface area contributed by atoms with Gasteiger partial charge in [-0.05, 0) is 20.2 Å². The molecule has 1 aliphatic heterocycles. The summed E-state index contributed by atoms with van der Waals surface area (Å²) < 4.78 is 27.1. The summed E-state index contributed by atoms with van der Waals surface area (Å²) in [4.78, 5) is 8.11. The van der Waals surface area contributed by atoms with Crippen molar-refractivity contribution in [2.45, 2.75) is 10.9 Å². The Hall–Kier alpha value is -0.440. The molecule has 21 heavy (non-hydrogen) atoms. The molecule has 1 fully saturated rings. The van der Waals surface area contributed by atoms with E-state index in [0.29, 0.717) is 6.54 Å². The zero-order chi connectivity index (χ0) is 15.6. The predicted molar refractivity (Wildman–Crippen MR) is 83.4 cm³/mol. The van der Waals surface area contributed by atoms with Gasteiger partial charge in [-0.2, -0.15) is 0 Å². The maximum absolute atomic E-state index is 12.2. The third-order valence-corrected chi connectivity index (χ3v) is 5.65. The van der Waals surface area contributed by atoms with E-state index in [4.69, 9.17) is 23.2 Å². The molecule has 9 heteroatoms. The molecule has 1 aromatic rings. The van der Waals surface area contributed by atoms with Crippen LogP contribution in [0.5, 0.6) is 0 Å². The highest BCUT2D eigenvalue weighted by molar-refractivity contribution is 7.89. The summed E-state index contributed by atoms with van der Waals surface area (Å²) >= 11 is 11.5. The largest absolute Gasteiger partial charge is 0.303 e. The fraction of sp³-hybridized carbons (Fsp3) is 0.583. The standard InChI is InChI=1S/C12H18Cl2N4O2S/c1-17-3-4-18(2)9(8-17)6-16-21(19,20)10-5-11(13)12(14)15-7-10/h5,7,9,16H,3-4,6,8H2,1-2H3. The number of hydrogen-bond donors (Lipinski definition) is 1. The Balaban J connectivity index is 2.05. The van der Waals surface area contributed by atoms with Crippen molar-refractivity contribution in [3.63, 3.8) is 0 Å². The summed E-state index contributed by atoms with van der Waals surface area (Å²) in [5.41, 5.74) is 0. The molecule has 0 aliphatic carbocycles. The van der Waals surface area contributed by atoms with Crippen LogP contribution in [-0.4, -0.2) is 69.5 Å². The quantitative estimate of drug-likeness (QED) is 0.816. The minimum Gasteiger partial charge on any atom is -0.303 e. The molecule has 118 valence electrons. The van der Waals surface area contributed by atoms with Crippen molar-refractivity contribution in [3.8, 4) is 0 Å². The van der Waals surface area contributed by atoms with Gasteiger partial charge < -0.3 is 4.90 Å². The molecule has 0 saturated carbocycles. The molecule has 2 heterocycles. The van der Waals surface area contributed by atoms with E-state index in [0.717, 1.165) is 19.6 Å². The Morgan fingerprint density at radius 3 is 2.76 bits per heavy atom. The lowest BCUT2D eigenvalue weighted by molar-refractivity contribution is 0.117. The number of rotatable bonds is 4. The molecule has 0 bridgehead atoms. The SMILES string of the molecule is CN1CCN(C)C(CNS(=O)(=O)c2cnc(Cl)c(Cl)c2)C1. The lowest BCUT2D eigenvalue weighted by atomic mass is 10.2. The maximum Gasteiger partial charge on any atom is 0.242 e. The van der Waals surface area contributed by atoms with E-state index >= 15 is 0 Å². The minimum atomic E-state index is -3.64. The van der Waals surface area contributed by atoms with Crippen molar-refractivity contribution in [3.05, 3.63) is 22.4 Å². The fourth-order valence-electron chi connectivity index (χ4n) is 2.16. The first kappa shape index (κ1) is 16.9. The van der Waals surface area contributed by atoms with Crippen LogP contribution in [0.15, 0.2) is 17.2 Å². The summed E-state index contributed by atoms with van der Waals surface area (Å²) in [6.07, 6.45) is 1.20. The van der Waals surface area contributed by atoms with Crippen LogP contribution in [-0.2, 0) is 10.0 Å². The van der Waals surface area contributed by atoms with Crippen molar-refractivity contribution in [2.24, 2.45) is 0 Å². The zero-order valence-corrected chi connectivity index (χ0v) is 14.2. The van der Waals surface area contributed by atoms with Crippen molar-refractivity contribution >= 4 is 33.2 Å². The first-order chi connectivity index (χ1) is 9.79. The average molecular weight is 353 g/mol.